The number of nitrogens with zero attached hydrogens (tertiary/aromatic N) is 3. The third kappa shape index (κ3) is 4.71. The maximum atomic E-state index is 12.8. The van der Waals surface area contributed by atoms with E-state index in [2.05, 4.69) is 15.0 Å². The van der Waals surface area contributed by atoms with E-state index in [0.29, 0.717) is 23.8 Å². The summed E-state index contributed by atoms with van der Waals surface area (Å²) < 4.78 is 48.6. The lowest BCUT2D eigenvalue weighted by molar-refractivity contribution is -0.274. The second-order valence-corrected chi connectivity index (χ2v) is 10.0. The quantitative estimate of drug-likeness (QED) is 0.546. The normalized spacial score (nSPS) is 25.6. The number of hydrogen-bond acceptors (Lipinski definition) is 5. The van der Waals surface area contributed by atoms with Crippen LogP contribution in [0.15, 0.2) is 58.5 Å². The fourth-order valence-corrected chi connectivity index (χ4v) is 5.22. The van der Waals surface area contributed by atoms with Gasteiger partial charge in [-0.25, -0.2) is 0 Å². The van der Waals surface area contributed by atoms with Gasteiger partial charge in [0.1, 0.15) is 22.7 Å². The van der Waals surface area contributed by atoms with E-state index in [1.165, 1.54) is 12.1 Å². The molecule has 2 aromatic rings. The fourth-order valence-electron chi connectivity index (χ4n) is 4.89. The number of alkyl halides is 3. The highest BCUT2D eigenvalue weighted by Gasteiger charge is 2.50. The van der Waals surface area contributed by atoms with Crippen molar-refractivity contribution in [3.63, 3.8) is 0 Å². The van der Waals surface area contributed by atoms with Gasteiger partial charge >= 0.3 is 6.36 Å². The third-order valence-electron chi connectivity index (χ3n) is 6.49. The third-order valence-corrected chi connectivity index (χ3v) is 6.82. The van der Waals surface area contributed by atoms with Gasteiger partial charge in [0.15, 0.2) is 11.3 Å². The zero-order valence-corrected chi connectivity index (χ0v) is 20.8. The number of aliphatic imine (C=N–C) groups is 2. The fraction of sp³-hybridized carbons (Fsp3) is 0.423. The largest absolute Gasteiger partial charge is 0.573 e. The number of ether oxygens (including phenoxy) is 2. The average molecular weight is 517 g/mol. The van der Waals surface area contributed by atoms with Crippen LogP contribution in [0.5, 0.6) is 5.75 Å². The molecule has 2 aromatic carbocycles. The van der Waals surface area contributed by atoms with Gasteiger partial charge in [-0.3, -0.25) is 9.98 Å². The highest BCUT2D eigenvalue weighted by Crippen LogP contribution is 2.40. The van der Waals surface area contributed by atoms with E-state index >= 15 is 0 Å². The van der Waals surface area contributed by atoms with E-state index in [9.17, 15) is 13.2 Å². The predicted octanol–water partition coefficient (Wildman–Crippen LogP) is 5.48. The molecule has 5 rings (SSSR count). The summed E-state index contributed by atoms with van der Waals surface area (Å²) in [4.78, 5) is 11.5. The Morgan fingerprint density at radius 2 is 1.86 bits per heavy atom. The van der Waals surface area contributed by atoms with Crippen LogP contribution in [0.2, 0.25) is 0 Å². The summed E-state index contributed by atoms with van der Waals surface area (Å²) in [5.41, 5.74) is 0.953. The Morgan fingerprint density at radius 1 is 1.08 bits per heavy atom. The molecule has 36 heavy (non-hydrogen) atoms. The van der Waals surface area contributed by atoms with E-state index < -0.39 is 23.7 Å². The molecule has 3 aliphatic rings. The Labute approximate surface area is 213 Å². The van der Waals surface area contributed by atoms with Crippen molar-refractivity contribution < 1.29 is 22.6 Å². The molecule has 1 saturated heterocycles. The van der Waals surface area contributed by atoms with E-state index in [4.69, 9.17) is 21.9 Å². The van der Waals surface area contributed by atoms with Gasteiger partial charge in [0.2, 0.25) is 0 Å². The summed E-state index contributed by atoms with van der Waals surface area (Å²) in [5.74, 6) is 0.452. The van der Waals surface area contributed by atoms with Crippen LogP contribution in [0.1, 0.15) is 56.0 Å². The van der Waals surface area contributed by atoms with Crippen LogP contribution < -0.4 is 10.1 Å². The van der Waals surface area contributed by atoms with Crippen LogP contribution in [0.25, 0.3) is 0 Å². The maximum absolute atomic E-state index is 12.8. The van der Waals surface area contributed by atoms with Crippen molar-refractivity contribution in [2.75, 3.05) is 13.1 Å². The number of benzene rings is 2. The van der Waals surface area contributed by atoms with E-state index in [1.54, 1.807) is 18.3 Å². The Kier molecular flexibility index (Phi) is 6.28. The number of rotatable bonds is 4. The lowest BCUT2D eigenvalue weighted by atomic mass is 9.81. The van der Waals surface area contributed by atoms with Crippen molar-refractivity contribution in [2.24, 2.45) is 9.98 Å². The molecule has 1 fully saturated rings. The van der Waals surface area contributed by atoms with E-state index in [0.717, 1.165) is 36.2 Å². The number of thiocarbonyl (C=S) groups is 1. The lowest BCUT2D eigenvalue weighted by Crippen LogP contribution is -2.45. The van der Waals surface area contributed by atoms with Crippen LogP contribution in [0.3, 0.4) is 0 Å². The van der Waals surface area contributed by atoms with Gasteiger partial charge < -0.3 is 19.7 Å². The lowest BCUT2D eigenvalue weighted by Gasteiger charge is -2.33. The van der Waals surface area contributed by atoms with Crippen LogP contribution in [0.4, 0.5) is 13.2 Å². The molecule has 2 unspecified atom stereocenters. The Hall–Kier alpha value is -2.98. The molecule has 10 heteroatoms. The van der Waals surface area contributed by atoms with Gasteiger partial charge in [-0.2, -0.15) is 0 Å². The van der Waals surface area contributed by atoms with Crippen molar-refractivity contribution in [2.45, 2.75) is 56.8 Å². The summed E-state index contributed by atoms with van der Waals surface area (Å²) in [6.45, 7) is 5.25. The second kappa shape index (κ2) is 9.15. The molecule has 0 amide bonds. The molecule has 6 nitrogen and oxygen atoms in total. The van der Waals surface area contributed by atoms with Crippen molar-refractivity contribution >= 4 is 29.4 Å². The van der Waals surface area contributed by atoms with Crippen molar-refractivity contribution in [3.8, 4) is 5.75 Å². The van der Waals surface area contributed by atoms with Crippen molar-refractivity contribution in [3.05, 3.63) is 65.2 Å². The number of hydrogen-bond donors (Lipinski definition) is 1. The van der Waals surface area contributed by atoms with Gasteiger partial charge in [-0.1, -0.05) is 30.3 Å². The van der Waals surface area contributed by atoms with Gasteiger partial charge in [0.25, 0.3) is 0 Å². The topological polar surface area (TPSA) is 58.5 Å². The van der Waals surface area contributed by atoms with E-state index in [-0.39, 0.29) is 5.75 Å². The summed E-state index contributed by atoms with van der Waals surface area (Å²) in [6, 6.07) is 13.7. The van der Waals surface area contributed by atoms with Gasteiger partial charge in [0.05, 0.1) is 0 Å². The van der Waals surface area contributed by atoms with Crippen LogP contribution in [-0.2, 0) is 10.3 Å². The van der Waals surface area contributed by atoms with E-state index in [1.807, 2.05) is 43.0 Å². The second-order valence-electron chi connectivity index (χ2n) is 9.65. The maximum Gasteiger partial charge on any atom is 0.573 e. The van der Waals surface area contributed by atoms with Crippen LogP contribution >= 0.6 is 12.2 Å². The molecule has 0 aromatic heterocycles. The number of halogens is 3. The first kappa shape index (κ1) is 24.7. The number of amidine groups is 1. The summed E-state index contributed by atoms with van der Waals surface area (Å²) in [7, 11) is 0. The average Bonchev–Trinajstić information content (AvgIpc) is 3.29. The zero-order valence-electron chi connectivity index (χ0n) is 20.0. The molecule has 0 aliphatic carbocycles. The predicted molar refractivity (Wildman–Crippen MR) is 135 cm³/mol. The molecular formula is C26H27F3N4O2S. The zero-order chi connectivity index (χ0) is 25.6. The summed E-state index contributed by atoms with van der Waals surface area (Å²) in [5, 5.41) is 4.02. The molecule has 2 atom stereocenters. The molecule has 3 aliphatic heterocycles. The van der Waals surface area contributed by atoms with Crippen LogP contribution in [-0.4, -0.2) is 47.1 Å². The first-order valence-electron chi connectivity index (χ1n) is 11.9. The summed E-state index contributed by atoms with van der Waals surface area (Å²) >= 11 is 5.75. The molecule has 0 spiro atoms. The highest BCUT2D eigenvalue weighted by atomic mass is 32.1. The smallest absolute Gasteiger partial charge is 0.406 e. The SMILES string of the molecule is CC1(C)C=NC(c2cccc(C3(c4ccc(OC(F)(F)F)cc4)NC(=S)N4CCCCCN=C43)c2)O1. The van der Waals surface area contributed by atoms with Crippen molar-refractivity contribution in [1.29, 1.82) is 0 Å². The standard InChI is InChI=1S/C26H27F3N4O2S/c1-24(2)16-31-21(35-24)17-7-6-8-19(15-17)25(18-9-11-20(12-10-18)34-26(27,28)29)22-30-13-4-3-5-14-33(22)23(36)32-25/h6-12,15-16,21H,3-5,13-14H2,1-2H3,(H,32,36). The molecule has 1 N–H and O–H groups in total. The first-order chi connectivity index (χ1) is 17.1. The Morgan fingerprint density at radius 3 is 2.56 bits per heavy atom. The minimum atomic E-state index is -4.77. The minimum absolute atomic E-state index is 0.289. The molecule has 3 heterocycles. The highest BCUT2D eigenvalue weighted by molar-refractivity contribution is 7.80. The van der Waals surface area contributed by atoms with Gasteiger partial charge in [-0.05, 0) is 74.7 Å². The minimum Gasteiger partial charge on any atom is -0.406 e. The number of fused-ring (bicyclic) bond motifs is 1. The van der Waals surface area contributed by atoms with Gasteiger partial charge in [-0.15, -0.1) is 13.2 Å². The Balaban J connectivity index is 1.63. The van der Waals surface area contributed by atoms with Gasteiger partial charge in [0, 0.05) is 24.9 Å². The number of nitrogens with one attached hydrogen (secondary N) is 1. The molecule has 190 valence electrons. The molecule has 0 bridgehead atoms. The first-order valence-corrected chi connectivity index (χ1v) is 12.3. The molecular weight excluding hydrogens is 489 g/mol. The Bertz CT molecular complexity index is 1210. The van der Waals surface area contributed by atoms with Crippen LogP contribution in [0, 0.1) is 0 Å². The monoisotopic (exact) mass is 516 g/mol. The molecule has 0 saturated carbocycles. The molecule has 0 radical (unpaired) electrons. The van der Waals surface area contributed by atoms with Crippen molar-refractivity contribution in [1.82, 2.24) is 10.2 Å². The summed E-state index contributed by atoms with van der Waals surface area (Å²) in [6.07, 6.45) is -0.454.